The van der Waals surface area contributed by atoms with Gasteiger partial charge in [0.2, 0.25) is 12.0 Å². The molecule has 6 nitrogen and oxygen atoms in total. The average Bonchev–Trinajstić information content (AvgIpc) is 2.58. The Bertz CT molecular complexity index is 853. The third-order valence-corrected chi connectivity index (χ3v) is 3.87. The van der Waals surface area contributed by atoms with E-state index in [1.807, 2.05) is 0 Å². The van der Waals surface area contributed by atoms with E-state index >= 15 is 0 Å². The van der Waals surface area contributed by atoms with E-state index in [-0.39, 0.29) is 29.0 Å². The number of benzene rings is 1. The maximum Gasteiger partial charge on any atom is 0.437 e. The van der Waals surface area contributed by atoms with Crippen LogP contribution in [-0.2, 0) is 15.7 Å². The Morgan fingerprint density at radius 1 is 1.15 bits per heavy atom. The maximum atomic E-state index is 13.5. The number of rotatable bonds is 7. The summed E-state index contributed by atoms with van der Waals surface area (Å²) in [5, 5.41) is 0.232. The van der Waals surface area contributed by atoms with Gasteiger partial charge in [0.15, 0.2) is 11.5 Å². The average molecular weight is 427 g/mol. The summed E-state index contributed by atoms with van der Waals surface area (Å²) in [6.45, 7) is 3.52. The third kappa shape index (κ3) is 5.35. The fraction of sp³-hybridized carbons (Fsp3) is 0.375. The van der Waals surface area contributed by atoms with Crippen molar-refractivity contribution in [3.05, 3.63) is 50.1 Å². The van der Waals surface area contributed by atoms with Crippen molar-refractivity contribution in [3.8, 4) is 11.5 Å². The molecule has 1 heterocycles. The highest BCUT2D eigenvalue weighted by Crippen LogP contribution is 2.36. The first-order valence-corrected chi connectivity index (χ1v) is 8.50. The van der Waals surface area contributed by atoms with Crippen molar-refractivity contribution < 1.29 is 27.4 Å². The van der Waals surface area contributed by atoms with E-state index in [2.05, 4.69) is 9.97 Å². The first kappa shape index (κ1) is 21.5. The standard InChI is InChI=1S/C16H15Cl2F3N2O4/c1-3-25-15(26-4-2)13-22-12(16(19,20)21)11(14(24)23-13)27-8-5-6-9(17)10(18)7-8/h5-7,15H,3-4H2,1-2H3,(H,22,23,24). The van der Waals surface area contributed by atoms with Crippen LogP contribution >= 0.6 is 23.2 Å². The van der Waals surface area contributed by atoms with Crippen LogP contribution in [-0.4, -0.2) is 23.2 Å². The Labute approximate surface area is 162 Å². The maximum absolute atomic E-state index is 13.5. The highest BCUT2D eigenvalue weighted by atomic mass is 35.5. The number of hydrogen-bond acceptors (Lipinski definition) is 5. The predicted molar refractivity (Wildman–Crippen MR) is 92.4 cm³/mol. The molecule has 27 heavy (non-hydrogen) atoms. The van der Waals surface area contributed by atoms with Crippen LogP contribution in [0.25, 0.3) is 0 Å². The van der Waals surface area contributed by atoms with E-state index in [1.165, 1.54) is 18.2 Å². The fourth-order valence-electron chi connectivity index (χ4n) is 2.05. The number of alkyl halides is 3. The van der Waals surface area contributed by atoms with E-state index < -0.39 is 35.3 Å². The number of aromatic amines is 1. The first-order valence-electron chi connectivity index (χ1n) is 7.74. The van der Waals surface area contributed by atoms with Crippen LogP contribution < -0.4 is 10.3 Å². The molecule has 1 aromatic heterocycles. The molecule has 0 aliphatic heterocycles. The minimum absolute atomic E-state index is 0.0523. The van der Waals surface area contributed by atoms with Crippen LogP contribution in [0.15, 0.2) is 23.0 Å². The van der Waals surface area contributed by atoms with Gasteiger partial charge in [-0.1, -0.05) is 23.2 Å². The Kier molecular flexibility index (Phi) is 7.10. The summed E-state index contributed by atoms with van der Waals surface area (Å²) >= 11 is 11.6. The topological polar surface area (TPSA) is 73.4 Å². The summed E-state index contributed by atoms with van der Waals surface area (Å²) in [7, 11) is 0. The van der Waals surface area contributed by atoms with Crippen LogP contribution in [0.2, 0.25) is 10.0 Å². The lowest BCUT2D eigenvalue weighted by Gasteiger charge is -2.18. The van der Waals surface area contributed by atoms with Crippen LogP contribution in [0.4, 0.5) is 13.2 Å². The minimum Gasteiger partial charge on any atom is -0.449 e. The predicted octanol–water partition coefficient (Wildman–Crippen LogP) is 4.96. The van der Waals surface area contributed by atoms with Gasteiger partial charge in [0.25, 0.3) is 5.56 Å². The minimum atomic E-state index is -4.96. The molecule has 0 atom stereocenters. The van der Waals surface area contributed by atoms with Gasteiger partial charge in [-0.15, -0.1) is 0 Å². The van der Waals surface area contributed by atoms with Gasteiger partial charge in [0.1, 0.15) is 5.75 Å². The molecule has 0 saturated carbocycles. The van der Waals surface area contributed by atoms with Crippen molar-refractivity contribution in [1.29, 1.82) is 0 Å². The second-order valence-corrected chi connectivity index (χ2v) is 5.86. The highest BCUT2D eigenvalue weighted by molar-refractivity contribution is 6.42. The Morgan fingerprint density at radius 3 is 2.30 bits per heavy atom. The number of nitrogens with zero attached hydrogens (tertiary/aromatic N) is 1. The van der Waals surface area contributed by atoms with Gasteiger partial charge in [0, 0.05) is 19.3 Å². The Balaban J connectivity index is 2.53. The van der Waals surface area contributed by atoms with Gasteiger partial charge in [-0.25, -0.2) is 4.98 Å². The summed E-state index contributed by atoms with van der Waals surface area (Å²) in [6.07, 6.45) is -6.22. The van der Waals surface area contributed by atoms with Crippen LogP contribution in [0.3, 0.4) is 0 Å². The highest BCUT2D eigenvalue weighted by Gasteiger charge is 2.39. The molecular formula is C16H15Cl2F3N2O4. The number of aromatic nitrogens is 2. The van der Waals surface area contributed by atoms with Crippen LogP contribution in [0.5, 0.6) is 11.5 Å². The molecule has 2 rings (SSSR count). The van der Waals surface area contributed by atoms with E-state index in [1.54, 1.807) is 13.8 Å². The van der Waals surface area contributed by atoms with Crippen molar-refractivity contribution in [1.82, 2.24) is 9.97 Å². The molecule has 0 unspecified atom stereocenters. The molecule has 148 valence electrons. The van der Waals surface area contributed by atoms with Crippen molar-refractivity contribution in [2.24, 2.45) is 0 Å². The van der Waals surface area contributed by atoms with Crippen molar-refractivity contribution in [2.75, 3.05) is 13.2 Å². The van der Waals surface area contributed by atoms with Gasteiger partial charge in [-0.05, 0) is 26.0 Å². The van der Waals surface area contributed by atoms with E-state index in [0.717, 1.165) is 0 Å². The molecule has 0 saturated heterocycles. The molecule has 0 fully saturated rings. The number of halogens is 5. The third-order valence-electron chi connectivity index (χ3n) is 3.13. The van der Waals surface area contributed by atoms with Gasteiger partial charge in [-0.3, -0.25) is 4.79 Å². The number of H-pyrrole nitrogens is 1. The molecule has 0 amide bonds. The summed E-state index contributed by atoms with van der Waals surface area (Å²) in [5.41, 5.74) is -2.67. The molecule has 0 radical (unpaired) electrons. The normalized spacial score (nSPS) is 11.9. The lowest BCUT2D eigenvalue weighted by atomic mass is 10.3. The zero-order valence-electron chi connectivity index (χ0n) is 14.2. The van der Waals surface area contributed by atoms with Crippen molar-refractivity contribution in [2.45, 2.75) is 26.3 Å². The van der Waals surface area contributed by atoms with Crippen LogP contribution in [0, 0.1) is 0 Å². The Morgan fingerprint density at radius 2 is 1.78 bits per heavy atom. The lowest BCUT2D eigenvalue weighted by molar-refractivity contribution is -0.152. The number of hydrogen-bond donors (Lipinski definition) is 1. The first-order chi connectivity index (χ1) is 12.7. The van der Waals surface area contributed by atoms with Crippen molar-refractivity contribution in [3.63, 3.8) is 0 Å². The molecule has 0 aliphatic carbocycles. The molecule has 0 aliphatic rings. The van der Waals surface area contributed by atoms with Gasteiger partial charge < -0.3 is 19.2 Å². The summed E-state index contributed by atoms with van der Waals surface area (Å²) < 4.78 is 55.9. The van der Waals surface area contributed by atoms with Gasteiger partial charge in [-0.2, -0.15) is 13.2 Å². The summed E-state index contributed by atoms with van der Waals surface area (Å²) in [4.78, 5) is 18.0. The molecule has 0 bridgehead atoms. The van der Waals surface area contributed by atoms with E-state index in [4.69, 9.17) is 37.4 Å². The largest absolute Gasteiger partial charge is 0.449 e. The number of ether oxygens (including phenoxy) is 3. The summed E-state index contributed by atoms with van der Waals surface area (Å²) in [5.74, 6) is -1.56. The molecule has 2 aromatic rings. The SMILES string of the molecule is CCOC(OCC)c1nc(C(F)(F)F)c(Oc2ccc(Cl)c(Cl)c2)c(=O)[nH]1. The molecule has 1 aromatic carbocycles. The van der Waals surface area contributed by atoms with Gasteiger partial charge in [0.05, 0.1) is 10.0 Å². The lowest BCUT2D eigenvalue weighted by Crippen LogP contribution is -2.25. The van der Waals surface area contributed by atoms with Crippen molar-refractivity contribution >= 4 is 23.2 Å². The molecule has 1 N–H and O–H groups in total. The van der Waals surface area contributed by atoms with Gasteiger partial charge >= 0.3 is 6.18 Å². The quantitative estimate of drug-likeness (QED) is 0.633. The zero-order chi connectivity index (χ0) is 20.2. The Hall–Kier alpha value is -1.81. The fourth-order valence-corrected chi connectivity index (χ4v) is 2.33. The van der Waals surface area contributed by atoms with E-state index in [0.29, 0.717) is 0 Å². The molecular weight excluding hydrogens is 412 g/mol. The van der Waals surface area contributed by atoms with E-state index in [9.17, 15) is 18.0 Å². The summed E-state index contributed by atoms with van der Waals surface area (Å²) in [6, 6.07) is 3.77. The second kappa shape index (κ2) is 8.92. The molecule has 11 heteroatoms. The molecule has 0 spiro atoms. The van der Waals surface area contributed by atoms with Crippen LogP contribution in [0.1, 0.15) is 31.7 Å². The monoisotopic (exact) mass is 426 g/mol. The zero-order valence-corrected chi connectivity index (χ0v) is 15.7. The number of nitrogens with one attached hydrogen (secondary N) is 1. The smallest absolute Gasteiger partial charge is 0.437 e. The second-order valence-electron chi connectivity index (χ2n) is 5.05.